The Bertz CT molecular complexity index is 2690. The second kappa shape index (κ2) is 18.3. The fourth-order valence-electron chi connectivity index (χ4n) is 9.14. The minimum absolute atomic E-state index is 0.0431. The van der Waals surface area contributed by atoms with E-state index in [9.17, 15) is 52.1 Å². The molecule has 2 amide bonds. The number of ketones is 1. The Balaban J connectivity index is 1.13. The molecule has 0 unspecified atom stereocenters. The van der Waals surface area contributed by atoms with Gasteiger partial charge in [-0.15, -0.1) is 0 Å². The van der Waals surface area contributed by atoms with Crippen LogP contribution in [0.2, 0.25) is 0 Å². The lowest BCUT2D eigenvalue weighted by Gasteiger charge is -2.40. The molecule has 4 aliphatic rings. The van der Waals surface area contributed by atoms with E-state index >= 15 is 0 Å². The maximum atomic E-state index is 13.9. The number of fused-ring (bicyclic) bond motifs is 5. The van der Waals surface area contributed by atoms with Crippen LogP contribution in [-0.2, 0) is 71.8 Å². The highest BCUT2D eigenvalue weighted by Crippen LogP contribution is 2.46. The van der Waals surface area contributed by atoms with Crippen LogP contribution in [0.3, 0.4) is 0 Å². The monoisotopic (exact) mass is 935 g/mol. The van der Waals surface area contributed by atoms with Crippen molar-refractivity contribution in [3.8, 4) is 5.75 Å². The molecule has 4 aromatic rings. The van der Waals surface area contributed by atoms with Crippen molar-refractivity contribution in [2.24, 2.45) is 0 Å². The van der Waals surface area contributed by atoms with Gasteiger partial charge >= 0.3 is 30.0 Å². The van der Waals surface area contributed by atoms with Crippen molar-refractivity contribution in [1.82, 2.24) is 10.2 Å². The smallest absolute Gasteiger partial charge is 0.454 e. The van der Waals surface area contributed by atoms with Gasteiger partial charge in [0.15, 0.2) is 36.2 Å². The summed E-state index contributed by atoms with van der Waals surface area (Å²) in [7, 11) is 0. The lowest BCUT2D eigenvalue weighted by atomic mass is 9.74. The number of esters is 3. The van der Waals surface area contributed by atoms with Crippen LogP contribution in [0.1, 0.15) is 67.6 Å². The molecular formula is C46H44F3N3O15. The summed E-state index contributed by atoms with van der Waals surface area (Å²) < 4.78 is 82.4. The first-order valence-electron chi connectivity index (χ1n) is 21.4. The Kier molecular flexibility index (Phi) is 12.8. The molecule has 2 bridgehead atoms. The number of nitro groups is 1. The summed E-state index contributed by atoms with van der Waals surface area (Å²) in [5.74, 6) is -5.96. The van der Waals surface area contributed by atoms with Crippen LogP contribution in [0.5, 0.6) is 5.75 Å². The maximum Gasteiger partial charge on any atom is 0.471 e. The molecule has 3 fully saturated rings. The van der Waals surface area contributed by atoms with Crippen LogP contribution in [0.25, 0.3) is 21.5 Å². The topological polar surface area (TPSA) is 225 Å². The summed E-state index contributed by atoms with van der Waals surface area (Å²) in [5.41, 5.74) is -0.905. The molecule has 0 spiro atoms. The van der Waals surface area contributed by atoms with Crippen molar-refractivity contribution in [1.29, 1.82) is 0 Å². The number of hydrogen-bond donors (Lipinski definition) is 1. The van der Waals surface area contributed by atoms with E-state index in [2.05, 4.69) is 0 Å². The van der Waals surface area contributed by atoms with E-state index < -0.39 is 102 Å². The number of morpholine rings is 1. The van der Waals surface area contributed by atoms with Crippen LogP contribution in [-0.4, -0.2) is 113 Å². The summed E-state index contributed by atoms with van der Waals surface area (Å²) in [5, 5.41) is 15.5. The first-order chi connectivity index (χ1) is 31.8. The van der Waals surface area contributed by atoms with Gasteiger partial charge in [0.05, 0.1) is 35.8 Å². The van der Waals surface area contributed by atoms with Gasteiger partial charge in [0.1, 0.15) is 11.9 Å². The summed E-state index contributed by atoms with van der Waals surface area (Å²) in [6.45, 7) is 5.80. The molecule has 18 nitrogen and oxygen atoms in total. The molecule has 21 heteroatoms. The number of nitrogens with one attached hydrogen (secondary N) is 1. The number of benzene rings is 4. The third-order valence-corrected chi connectivity index (χ3v) is 12.5. The third kappa shape index (κ3) is 9.27. The molecular weight excluding hydrogens is 892 g/mol. The number of Topliss-reactive ketones (excluding diaryl/α,β-unsaturated/α-hetero) is 1. The molecule has 8 rings (SSSR count). The number of alkyl halides is 3. The highest BCUT2D eigenvalue weighted by molar-refractivity contribution is 6.05. The van der Waals surface area contributed by atoms with Gasteiger partial charge in [0.25, 0.3) is 11.6 Å². The number of carbonyl (C=O) groups is 6. The molecule has 0 saturated carbocycles. The van der Waals surface area contributed by atoms with Crippen molar-refractivity contribution in [2.75, 3.05) is 13.1 Å². The van der Waals surface area contributed by atoms with Crippen molar-refractivity contribution in [2.45, 2.75) is 115 Å². The Labute approximate surface area is 379 Å². The maximum absolute atomic E-state index is 13.9. The molecule has 1 N–H and O–H groups in total. The zero-order chi connectivity index (χ0) is 48.1. The average molecular weight is 936 g/mol. The first kappa shape index (κ1) is 47.0. The van der Waals surface area contributed by atoms with Gasteiger partial charge in [-0.1, -0.05) is 24.3 Å². The molecule has 3 heterocycles. The molecule has 3 aliphatic heterocycles. The third-order valence-electron chi connectivity index (χ3n) is 12.5. The van der Waals surface area contributed by atoms with E-state index in [-0.39, 0.29) is 49.4 Å². The second-order valence-corrected chi connectivity index (χ2v) is 16.7. The molecule has 354 valence electrons. The van der Waals surface area contributed by atoms with Crippen LogP contribution in [0, 0.1) is 10.1 Å². The summed E-state index contributed by atoms with van der Waals surface area (Å²) in [6.07, 6.45) is -13.7. The minimum atomic E-state index is -5.32. The molecule has 3 saturated heterocycles. The molecule has 0 radical (unpaired) electrons. The molecule has 67 heavy (non-hydrogen) atoms. The Morgan fingerprint density at radius 3 is 2.28 bits per heavy atom. The van der Waals surface area contributed by atoms with Gasteiger partial charge in [-0.25, -0.2) is 9.59 Å². The number of likely N-dealkylation sites (N-methyl/N-ethyl adjacent to an activating group) is 1. The molecule has 1 aliphatic carbocycles. The molecule has 4 aromatic carbocycles. The van der Waals surface area contributed by atoms with E-state index in [1.165, 1.54) is 25.7 Å². The summed E-state index contributed by atoms with van der Waals surface area (Å²) >= 11 is 0. The quantitative estimate of drug-likeness (QED) is 0.0643. The highest BCUT2D eigenvalue weighted by Gasteiger charge is 2.55. The number of carbonyl (C=O) groups excluding carboxylic acids is 6. The minimum Gasteiger partial charge on any atom is -0.454 e. The second-order valence-electron chi connectivity index (χ2n) is 16.7. The number of ether oxygens (including phenoxy) is 7. The Morgan fingerprint density at radius 1 is 0.970 bits per heavy atom. The normalized spacial score (nSPS) is 25.9. The zero-order valence-electron chi connectivity index (χ0n) is 36.4. The van der Waals surface area contributed by atoms with Crippen LogP contribution >= 0.6 is 0 Å². The van der Waals surface area contributed by atoms with Gasteiger partial charge in [-0.3, -0.25) is 29.3 Å². The van der Waals surface area contributed by atoms with E-state index in [1.807, 2.05) is 35.6 Å². The summed E-state index contributed by atoms with van der Waals surface area (Å²) in [4.78, 5) is 91.1. The number of halogens is 3. The molecule has 0 aromatic heterocycles. The fourth-order valence-corrected chi connectivity index (χ4v) is 9.14. The van der Waals surface area contributed by atoms with Gasteiger partial charge in [-0.2, -0.15) is 13.2 Å². The highest BCUT2D eigenvalue weighted by atomic mass is 19.4. The largest absolute Gasteiger partial charge is 0.471 e. The number of nitrogens with zero attached hydrogens (tertiary/aromatic N) is 2. The number of nitro benzene ring substituents is 1. The van der Waals surface area contributed by atoms with E-state index in [0.717, 1.165) is 35.0 Å². The number of hydrogen-bond acceptors (Lipinski definition) is 15. The number of rotatable bonds is 12. The lowest BCUT2D eigenvalue weighted by Crippen LogP contribution is -2.58. The van der Waals surface area contributed by atoms with Gasteiger partial charge < -0.3 is 43.4 Å². The van der Waals surface area contributed by atoms with Gasteiger partial charge in [0.2, 0.25) is 0 Å². The van der Waals surface area contributed by atoms with Crippen LogP contribution in [0.15, 0.2) is 60.7 Å². The van der Waals surface area contributed by atoms with E-state index in [1.54, 1.807) is 13.0 Å². The van der Waals surface area contributed by atoms with Gasteiger partial charge in [0, 0.05) is 49.4 Å². The Morgan fingerprint density at radius 2 is 1.66 bits per heavy atom. The lowest BCUT2D eigenvalue weighted by molar-refractivity contribution is -0.384. The predicted molar refractivity (Wildman–Crippen MR) is 224 cm³/mol. The van der Waals surface area contributed by atoms with Crippen LogP contribution in [0.4, 0.5) is 18.9 Å². The fraction of sp³-hybridized carbons (Fsp3) is 0.435. The zero-order valence-corrected chi connectivity index (χ0v) is 36.4. The molecule has 8 atom stereocenters. The predicted octanol–water partition coefficient (Wildman–Crippen LogP) is 5.08. The van der Waals surface area contributed by atoms with Crippen molar-refractivity contribution >= 4 is 62.7 Å². The standard InChI is InChI=1S/C46H44F3N3O15/c1-5-51-20-36-64-39(41(51)55)40(65-36)43(57)67-45(23(3)53)15-14-29-32(19-45)38(63-24(4)54)31-17-27-9-7-6-8-26(27)16-30(31)33(29)21-61-35-18-34(50-44(58)46(47,48)49)37(22(2)62-35)66-42(56)25-10-12-28(13-11-25)52(59)60/h6-13,16-17,22,34-37,39-40H,5,14-15,18-21H2,1-4H3,(H,50,58)/t22-,34-,35-,36-,37+,39+,40+,45+/m0/s1. The number of non-ortho nitro benzene ring substituents is 1. The first-order valence-corrected chi connectivity index (χ1v) is 21.4. The van der Waals surface area contributed by atoms with Crippen molar-refractivity contribution in [3.63, 3.8) is 0 Å². The van der Waals surface area contributed by atoms with E-state index in [4.69, 9.17) is 33.2 Å². The van der Waals surface area contributed by atoms with Crippen molar-refractivity contribution in [3.05, 3.63) is 93.0 Å². The number of amides is 2. The SMILES string of the molecule is CCN1C[C@@H]2O[C@@H](C(=O)O[C@]3(C(C)=O)CCc4c(c(OC(C)=O)c5cc6ccccc6cc5c4CO[C@@H]4C[C@H](NC(=O)C(F)(F)F)[C@H](OC(=O)c5ccc([N+](=O)[O-])cc5)[C@H](C)O4)C3)[C@@H](O2)C1=O. The average Bonchev–Trinajstić information content (AvgIpc) is 3.66. The van der Waals surface area contributed by atoms with Gasteiger partial charge in [-0.05, 0) is 85.2 Å². The summed E-state index contributed by atoms with van der Waals surface area (Å²) in [6, 6.07) is 13.8. The van der Waals surface area contributed by atoms with Crippen LogP contribution < -0.4 is 10.1 Å². The van der Waals surface area contributed by atoms with E-state index in [0.29, 0.717) is 34.0 Å². The Hall–Kier alpha value is -6.55. The van der Waals surface area contributed by atoms with Crippen molar-refractivity contribution < 1.29 is 80.0 Å².